The second-order valence-electron chi connectivity index (χ2n) is 5.71. The zero-order valence-corrected chi connectivity index (χ0v) is 13.8. The molecular formula is C17H17N3O3S. The minimum atomic E-state index is -3.43. The third-order valence-corrected chi connectivity index (χ3v) is 6.19. The lowest BCUT2D eigenvalue weighted by molar-refractivity contribution is 0.379. The van der Waals surface area contributed by atoms with Crippen molar-refractivity contribution >= 4 is 26.8 Å². The topological polar surface area (TPSA) is 66.7 Å². The van der Waals surface area contributed by atoms with E-state index in [0.717, 1.165) is 16.8 Å². The van der Waals surface area contributed by atoms with Gasteiger partial charge in [-0.1, -0.05) is 35.5 Å². The van der Waals surface area contributed by atoms with Crippen LogP contribution in [0.1, 0.15) is 0 Å². The summed E-state index contributed by atoms with van der Waals surface area (Å²) in [5.41, 5.74) is 0.742. The Morgan fingerprint density at radius 1 is 0.875 bits per heavy atom. The Morgan fingerprint density at radius 2 is 1.54 bits per heavy atom. The lowest BCUT2D eigenvalue weighted by Crippen LogP contribution is -2.48. The predicted molar refractivity (Wildman–Crippen MR) is 91.4 cm³/mol. The third kappa shape index (κ3) is 2.55. The molecule has 1 fully saturated rings. The highest BCUT2D eigenvalue weighted by Crippen LogP contribution is 2.27. The lowest BCUT2D eigenvalue weighted by Gasteiger charge is -2.33. The van der Waals surface area contributed by atoms with Crippen molar-refractivity contribution in [3.05, 3.63) is 54.6 Å². The average Bonchev–Trinajstić information content (AvgIpc) is 3.07. The molecular weight excluding hydrogens is 326 g/mol. The number of sulfonamides is 1. The maximum atomic E-state index is 12.7. The number of anilines is 1. The predicted octanol–water partition coefficient (Wildman–Crippen LogP) is 2.34. The van der Waals surface area contributed by atoms with Gasteiger partial charge in [-0.3, -0.25) is 0 Å². The standard InChI is InChI=1S/C17H17N3O3S/c21-24(22,14-6-2-1-3-7-14)20-12-10-19(11-13-20)17-15-8-4-5-9-16(15)23-18-17/h1-9H,10-13H2. The zero-order chi connectivity index (χ0) is 16.6. The largest absolute Gasteiger partial charge is 0.354 e. The normalized spacial score (nSPS) is 16.6. The minimum absolute atomic E-state index is 0.338. The van der Waals surface area contributed by atoms with E-state index in [2.05, 4.69) is 10.1 Å². The van der Waals surface area contributed by atoms with Crippen molar-refractivity contribution < 1.29 is 12.9 Å². The molecule has 2 aromatic carbocycles. The van der Waals surface area contributed by atoms with E-state index < -0.39 is 10.0 Å². The van der Waals surface area contributed by atoms with Crippen molar-refractivity contribution in [3.8, 4) is 0 Å². The van der Waals surface area contributed by atoms with Crippen LogP contribution in [0.5, 0.6) is 0 Å². The number of para-hydroxylation sites is 1. The molecule has 0 aliphatic carbocycles. The van der Waals surface area contributed by atoms with Crippen LogP contribution >= 0.6 is 0 Å². The SMILES string of the molecule is O=S(=O)(c1ccccc1)N1CCN(c2noc3ccccc23)CC1. The maximum absolute atomic E-state index is 12.7. The Hall–Kier alpha value is -2.38. The minimum Gasteiger partial charge on any atom is -0.354 e. The highest BCUT2D eigenvalue weighted by atomic mass is 32.2. The van der Waals surface area contributed by atoms with Crippen LogP contribution in [0.15, 0.2) is 64.0 Å². The van der Waals surface area contributed by atoms with Crippen molar-refractivity contribution in [2.75, 3.05) is 31.1 Å². The van der Waals surface area contributed by atoms with Crippen molar-refractivity contribution in [3.63, 3.8) is 0 Å². The second kappa shape index (κ2) is 5.92. The van der Waals surface area contributed by atoms with E-state index in [1.165, 1.54) is 4.31 Å². The number of fused-ring (bicyclic) bond motifs is 1. The molecule has 24 heavy (non-hydrogen) atoms. The maximum Gasteiger partial charge on any atom is 0.243 e. The van der Waals surface area contributed by atoms with Gasteiger partial charge in [0, 0.05) is 26.2 Å². The smallest absolute Gasteiger partial charge is 0.243 e. The third-order valence-electron chi connectivity index (χ3n) is 4.28. The number of hydrogen-bond donors (Lipinski definition) is 0. The van der Waals surface area contributed by atoms with Crippen molar-refractivity contribution in [2.45, 2.75) is 4.90 Å². The van der Waals surface area contributed by atoms with E-state index in [-0.39, 0.29) is 0 Å². The molecule has 124 valence electrons. The molecule has 7 heteroatoms. The van der Waals surface area contributed by atoms with Gasteiger partial charge in [0.2, 0.25) is 10.0 Å². The van der Waals surface area contributed by atoms with Crippen molar-refractivity contribution in [2.24, 2.45) is 0 Å². The number of benzene rings is 2. The van der Waals surface area contributed by atoms with Crippen LogP contribution in [0, 0.1) is 0 Å². The first kappa shape index (κ1) is 15.2. The highest BCUT2D eigenvalue weighted by Gasteiger charge is 2.29. The summed E-state index contributed by atoms with van der Waals surface area (Å²) in [6.07, 6.45) is 0. The van der Waals surface area contributed by atoms with E-state index >= 15 is 0 Å². The molecule has 0 saturated carbocycles. The summed E-state index contributed by atoms with van der Waals surface area (Å²) in [5, 5.41) is 5.10. The molecule has 0 unspecified atom stereocenters. The molecule has 0 N–H and O–H groups in total. The zero-order valence-electron chi connectivity index (χ0n) is 13.0. The van der Waals surface area contributed by atoms with E-state index in [1.807, 2.05) is 30.3 Å². The summed E-state index contributed by atoms with van der Waals surface area (Å²) in [4.78, 5) is 2.41. The lowest BCUT2D eigenvalue weighted by atomic mass is 10.2. The summed E-state index contributed by atoms with van der Waals surface area (Å²) in [6.45, 7) is 2.03. The van der Waals surface area contributed by atoms with Crippen LogP contribution in [-0.2, 0) is 10.0 Å². The fourth-order valence-electron chi connectivity index (χ4n) is 2.98. The second-order valence-corrected chi connectivity index (χ2v) is 7.64. The van der Waals surface area contributed by atoms with Gasteiger partial charge in [-0.2, -0.15) is 4.31 Å². The van der Waals surface area contributed by atoms with Gasteiger partial charge in [-0.05, 0) is 24.3 Å². The van der Waals surface area contributed by atoms with Gasteiger partial charge in [0.1, 0.15) is 0 Å². The fourth-order valence-corrected chi connectivity index (χ4v) is 4.43. The van der Waals surface area contributed by atoms with Crippen LogP contribution < -0.4 is 4.90 Å². The number of aromatic nitrogens is 1. The number of rotatable bonds is 3. The van der Waals surface area contributed by atoms with E-state index in [4.69, 9.17) is 4.52 Å². The first-order chi connectivity index (χ1) is 11.7. The summed E-state index contributed by atoms with van der Waals surface area (Å²) >= 11 is 0. The first-order valence-electron chi connectivity index (χ1n) is 7.81. The van der Waals surface area contributed by atoms with Crippen LogP contribution in [0.25, 0.3) is 11.0 Å². The molecule has 1 saturated heterocycles. The fraction of sp³-hybridized carbons (Fsp3) is 0.235. The summed E-state index contributed by atoms with van der Waals surface area (Å²) in [6, 6.07) is 16.2. The monoisotopic (exact) mass is 343 g/mol. The van der Waals surface area contributed by atoms with Crippen LogP contribution in [0.3, 0.4) is 0 Å². The first-order valence-corrected chi connectivity index (χ1v) is 9.25. The van der Waals surface area contributed by atoms with Gasteiger partial charge >= 0.3 is 0 Å². The molecule has 1 aliphatic heterocycles. The van der Waals surface area contributed by atoms with Crippen LogP contribution in [0.2, 0.25) is 0 Å². The van der Waals surface area contributed by atoms with Gasteiger partial charge in [-0.25, -0.2) is 8.42 Å². The van der Waals surface area contributed by atoms with Gasteiger partial charge < -0.3 is 9.42 Å². The van der Waals surface area contributed by atoms with Crippen molar-refractivity contribution in [1.82, 2.24) is 9.46 Å². The molecule has 4 rings (SSSR count). The Labute approximate surface area is 140 Å². The van der Waals surface area contributed by atoms with E-state index in [1.54, 1.807) is 24.3 Å². The van der Waals surface area contributed by atoms with Gasteiger partial charge in [0.05, 0.1) is 10.3 Å². The van der Waals surface area contributed by atoms with Crippen LogP contribution in [0.4, 0.5) is 5.82 Å². The Balaban J connectivity index is 1.53. The summed E-state index contributed by atoms with van der Waals surface area (Å²) in [5.74, 6) is 0.780. The average molecular weight is 343 g/mol. The molecule has 3 aromatic rings. The molecule has 0 spiro atoms. The van der Waals surface area contributed by atoms with Gasteiger partial charge in [-0.15, -0.1) is 0 Å². The van der Waals surface area contributed by atoms with Crippen molar-refractivity contribution in [1.29, 1.82) is 0 Å². The van der Waals surface area contributed by atoms with E-state index in [0.29, 0.717) is 31.1 Å². The van der Waals surface area contributed by atoms with Crippen LogP contribution in [-0.4, -0.2) is 44.1 Å². The molecule has 0 radical (unpaired) electrons. The summed E-state index contributed by atoms with van der Waals surface area (Å²) < 4.78 is 32.2. The number of piperazine rings is 1. The van der Waals surface area contributed by atoms with Gasteiger partial charge in [0.15, 0.2) is 11.4 Å². The molecule has 0 atom stereocenters. The van der Waals surface area contributed by atoms with Gasteiger partial charge in [0.25, 0.3) is 0 Å². The Bertz CT molecular complexity index is 945. The molecule has 0 bridgehead atoms. The molecule has 0 amide bonds. The molecule has 1 aliphatic rings. The molecule has 1 aromatic heterocycles. The number of hydrogen-bond acceptors (Lipinski definition) is 5. The molecule has 6 nitrogen and oxygen atoms in total. The Morgan fingerprint density at radius 3 is 2.29 bits per heavy atom. The van der Waals surface area contributed by atoms with E-state index in [9.17, 15) is 8.42 Å². The summed E-state index contributed by atoms with van der Waals surface area (Å²) in [7, 11) is -3.43. The highest BCUT2D eigenvalue weighted by molar-refractivity contribution is 7.89. The molecule has 2 heterocycles. The quantitative estimate of drug-likeness (QED) is 0.730. The Kier molecular flexibility index (Phi) is 3.74. The number of nitrogens with zero attached hydrogens (tertiary/aromatic N) is 3.